The Balaban J connectivity index is 1.81. The number of fused-ring (bicyclic) bond motifs is 1. The Morgan fingerprint density at radius 1 is 1.30 bits per heavy atom. The molecule has 0 radical (unpaired) electrons. The second-order valence-corrected chi connectivity index (χ2v) is 9.16. The molecule has 1 aliphatic heterocycles. The molecule has 4 atom stereocenters. The Morgan fingerprint density at radius 2 is 2.00 bits per heavy atom. The van der Waals surface area contributed by atoms with Gasteiger partial charge in [-0.25, -0.2) is 0 Å². The lowest BCUT2D eigenvalue weighted by atomic mass is 9.78. The van der Waals surface area contributed by atoms with E-state index in [1.54, 1.807) is 0 Å². The molecule has 2 unspecified atom stereocenters. The Labute approximate surface area is 164 Å². The van der Waals surface area contributed by atoms with Crippen molar-refractivity contribution < 1.29 is 4.79 Å². The minimum atomic E-state index is 0.167. The van der Waals surface area contributed by atoms with Gasteiger partial charge in [-0.1, -0.05) is 39.0 Å². The predicted molar refractivity (Wildman–Crippen MR) is 111 cm³/mol. The van der Waals surface area contributed by atoms with Crippen molar-refractivity contribution in [2.24, 2.45) is 34.1 Å². The molecule has 3 heteroatoms. The highest BCUT2D eigenvalue weighted by atomic mass is 16.2. The lowest BCUT2D eigenvalue weighted by Gasteiger charge is -2.35. The van der Waals surface area contributed by atoms with Gasteiger partial charge in [0, 0.05) is 30.0 Å². The summed E-state index contributed by atoms with van der Waals surface area (Å²) in [5.74, 6) is 2.78. The number of allylic oxidation sites excluding steroid dienone is 4. The quantitative estimate of drug-likeness (QED) is 0.632. The monoisotopic (exact) mass is 366 g/mol. The van der Waals surface area contributed by atoms with E-state index < -0.39 is 0 Å². The van der Waals surface area contributed by atoms with Crippen molar-refractivity contribution >= 4 is 11.6 Å². The maximum Gasteiger partial charge on any atom is 0.227 e. The predicted octanol–water partition coefficient (Wildman–Crippen LogP) is 5.51. The number of carbonyl (C=O) groups is 1. The first-order chi connectivity index (χ1) is 13.0. The van der Waals surface area contributed by atoms with Crippen LogP contribution in [0.1, 0.15) is 65.2 Å². The second kappa shape index (κ2) is 7.07. The number of amides is 1. The van der Waals surface area contributed by atoms with Crippen LogP contribution in [0.15, 0.2) is 41.7 Å². The highest BCUT2D eigenvalue weighted by Crippen LogP contribution is 2.66. The van der Waals surface area contributed by atoms with E-state index in [4.69, 9.17) is 4.99 Å². The van der Waals surface area contributed by atoms with E-state index in [0.717, 1.165) is 17.8 Å². The van der Waals surface area contributed by atoms with E-state index in [1.807, 2.05) is 17.1 Å². The molecule has 4 fully saturated rings. The molecule has 0 N–H and O–H groups in total. The molecule has 146 valence electrons. The fraction of sp³-hybridized carbons (Fsp3) is 0.667. The van der Waals surface area contributed by atoms with Crippen LogP contribution in [0.5, 0.6) is 0 Å². The first-order valence-electron chi connectivity index (χ1n) is 10.9. The van der Waals surface area contributed by atoms with Gasteiger partial charge in [-0.2, -0.15) is 0 Å². The molecular formula is C24H34N2O. The first kappa shape index (κ1) is 18.7. The summed E-state index contributed by atoms with van der Waals surface area (Å²) in [7, 11) is 0. The maximum atomic E-state index is 12.9. The van der Waals surface area contributed by atoms with Crippen LogP contribution >= 0.6 is 0 Å². The molecule has 3 saturated carbocycles. The summed E-state index contributed by atoms with van der Waals surface area (Å²) in [6, 6.07) is 0. The van der Waals surface area contributed by atoms with E-state index >= 15 is 0 Å². The van der Waals surface area contributed by atoms with Crippen LogP contribution in [0.2, 0.25) is 0 Å². The van der Waals surface area contributed by atoms with E-state index in [-0.39, 0.29) is 11.3 Å². The van der Waals surface area contributed by atoms with Gasteiger partial charge < -0.3 is 4.90 Å². The number of carbonyl (C=O) groups excluding carboxylic acids is 1. The van der Waals surface area contributed by atoms with Gasteiger partial charge in [0.25, 0.3) is 0 Å². The molecular weight excluding hydrogens is 332 g/mol. The van der Waals surface area contributed by atoms with Gasteiger partial charge in [-0.3, -0.25) is 9.79 Å². The zero-order valence-electron chi connectivity index (χ0n) is 17.0. The van der Waals surface area contributed by atoms with Crippen molar-refractivity contribution in [3.63, 3.8) is 0 Å². The van der Waals surface area contributed by atoms with Crippen LogP contribution in [-0.2, 0) is 4.79 Å². The van der Waals surface area contributed by atoms with Crippen molar-refractivity contribution in [3.05, 3.63) is 36.7 Å². The Morgan fingerprint density at radius 3 is 2.59 bits per heavy atom. The molecule has 0 aromatic rings. The molecule has 4 aliphatic rings. The normalized spacial score (nSPS) is 39.3. The number of aliphatic imine (C=N–C) groups is 1. The third-order valence-electron chi connectivity index (χ3n) is 7.60. The molecule has 0 aromatic carbocycles. The van der Waals surface area contributed by atoms with Gasteiger partial charge in [-0.15, -0.1) is 0 Å². The lowest BCUT2D eigenvalue weighted by molar-refractivity contribution is -0.129. The van der Waals surface area contributed by atoms with Gasteiger partial charge in [-0.05, 0) is 62.9 Å². The molecule has 1 heterocycles. The third-order valence-corrected chi connectivity index (χ3v) is 7.60. The van der Waals surface area contributed by atoms with E-state index in [1.165, 1.54) is 44.2 Å². The SMILES string of the molecule is C=C/C=C1\C(=N/C(=C)C2C[C@@H]2C)C2(C3CCCC3)C[C@@H]2CCC(=O)N1CC. The van der Waals surface area contributed by atoms with Gasteiger partial charge >= 0.3 is 0 Å². The number of rotatable bonds is 5. The molecule has 27 heavy (non-hydrogen) atoms. The van der Waals surface area contributed by atoms with Gasteiger partial charge in [0.05, 0.1) is 11.4 Å². The van der Waals surface area contributed by atoms with Gasteiger partial charge in [0.2, 0.25) is 5.91 Å². The highest BCUT2D eigenvalue weighted by molar-refractivity contribution is 6.09. The summed E-state index contributed by atoms with van der Waals surface area (Å²) in [6.45, 7) is 13.3. The summed E-state index contributed by atoms with van der Waals surface area (Å²) in [6.07, 6.45) is 13.2. The Bertz CT molecular complexity index is 712. The average Bonchev–Trinajstić information content (AvgIpc) is 3.49. The zero-order chi connectivity index (χ0) is 19.2. The van der Waals surface area contributed by atoms with Crippen LogP contribution in [0.25, 0.3) is 0 Å². The lowest BCUT2D eigenvalue weighted by Crippen LogP contribution is -2.41. The van der Waals surface area contributed by atoms with Crippen molar-refractivity contribution in [2.45, 2.75) is 65.2 Å². The van der Waals surface area contributed by atoms with Crippen LogP contribution in [0.4, 0.5) is 0 Å². The van der Waals surface area contributed by atoms with E-state index in [9.17, 15) is 4.79 Å². The summed E-state index contributed by atoms with van der Waals surface area (Å²) in [4.78, 5) is 20.1. The molecule has 1 saturated heterocycles. The van der Waals surface area contributed by atoms with Crippen molar-refractivity contribution in [2.75, 3.05) is 6.54 Å². The number of likely N-dealkylation sites (tertiary alicyclic amines) is 1. The summed E-state index contributed by atoms with van der Waals surface area (Å²) >= 11 is 0. The zero-order valence-corrected chi connectivity index (χ0v) is 17.0. The average molecular weight is 367 g/mol. The van der Waals surface area contributed by atoms with Gasteiger partial charge in [0.1, 0.15) is 0 Å². The third kappa shape index (κ3) is 3.13. The van der Waals surface area contributed by atoms with Crippen molar-refractivity contribution in [1.29, 1.82) is 0 Å². The number of hydrogen-bond acceptors (Lipinski definition) is 2. The minimum Gasteiger partial charge on any atom is -0.311 e. The molecule has 4 rings (SSSR count). The Hall–Kier alpha value is -1.64. The van der Waals surface area contributed by atoms with E-state index in [2.05, 4.69) is 27.0 Å². The maximum absolute atomic E-state index is 12.9. The standard InChI is InChI=1S/C24H34N2O/c1-5-9-21-23(25-17(4)20-14-16(20)3)24(18-10-7-8-11-18)15-19(24)12-13-22(27)26(21)6-2/h5,9,16,18-20H,1,4,6-8,10-15H2,2-3H3/b21-9+,25-23+/t16-,19-,20?,24?/m0/s1. The fourth-order valence-electron chi connectivity index (χ4n) is 5.87. The highest BCUT2D eigenvalue weighted by Gasteiger charge is 2.63. The van der Waals surface area contributed by atoms with Gasteiger partial charge in [0.15, 0.2) is 0 Å². The smallest absolute Gasteiger partial charge is 0.227 e. The minimum absolute atomic E-state index is 0.167. The fourth-order valence-corrected chi connectivity index (χ4v) is 5.87. The van der Waals surface area contributed by atoms with Crippen molar-refractivity contribution in [1.82, 2.24) is 4.90 Å². The molecule has 0 bridgehead atoms. The molecule has 3 nitrogen and oxygen atoms in total. The molecule has 1 amide bonds. The van der Waals surface area contributed by atoms with Crippen LogP contribution in [0, 0.1) is 29.1 Å². The summed E-state index contributed by atoms with van der Waals surface area (Å²) in [5, 5.41) is 0. The first-order valence-corrected chi connectivity index (χ1v) is 10.9. The van der Waals surface area contributed by atoms with Crippen molar-refractivity contribution in [3.8, 4) is 0 Å². The van der Waals surface area contributed by atoms with Crippen LogP contribution in [-0.4, -0.2) is 23.1 Å². The Kier molecular flexibility index (Phi) is 4.90. The molecule has 3 aliphatic carbocycles. The molecule has 0 spiro atoms. The number of hydrogen-bond donors (Lipinski definition) is 0. The molecule has 0 aromatic heterocycles. The number of nitrogens with zero attached hydrogens (tertiary/aromatic N) is 2. The summed E-state index contributed by atoms with van der Waals surface area (Å²) < 4.78 is 0. The van der Waals surface area contributed by atoms with E-state index in [0.29, 0.717) is 36.6 Å². The topological polar surface area (TPSA) is 32.7 Å². The second-order valence-electron chi connectivity index (χ2n) is 9.16. The largest absolute Gasteiger partial charge is 0.311 e. The van der Waals surface area contributed by atoms with Crippen LogP contribution < -0.4 is 0 Å². The summed E-state index contributed by atoms with van der Waals surface area (Å²) in [5.41, 5.74) is 3.36. The van der Waals surface area contributed by atoms with Crippen LogP contribution in [0.3, 0.4) is 0 Å².